The quantitative estimate of drug-likeness (QED) is 0.763. The highest BCUT2D eigenvalue weighted by Crippen LogP contribution is 2.19. The number of rotatable bonds is 3. The van der Waals surface area contributed by atoms with Crippen molar-refractivity contribution >= 4 is 17.4 Å². The van der Waals surface area contributed by atoms with Crippen molar-refractivity contribution in [2.24, 2.45) is 0 Å². The predicted molar refractivity (Wildman–Crippen MR) is 70.5 cm³/mol. The third-order valence-corrected chi connectivity index (χ3v) is 3.20. The zero-order valence-electron chi connectivity index (χ0n) is 10.5. The average Bonchev–Trinajstić information content (AvgIpc) is 2.38. The summed E-state index contributed by atoms with van der Waals surface area (Å²) in [5.41, 5.74) is 0.342. The number of ketones is 1. The molecule has 104 valence electrons. The zero-order chi connectivity index (χ0) is 14.9. The molecule has 20 heavy (non-hydrogen) atoms. The van der Waals surface area contributed by atoms with Crippen LogP contribution >= 0.6 is 11.6 Å². The predicted octanol–water partition coefficient (Wildman–Crippen LogP) is 4.49. The molecule has 0 N–H and O–H groups in total. The number of carbonyl (C=O) groups is 1. The number of halogens is 4. The first-order chi connectivity index (χ1) is 9.38. The van der Waals surface area contributed by atoms with Crippen LogP contribution in [0.2, 0.25) is 5.02 Å². The summed E-state index contributed by atoms with van der Waals surface area (Å²) in [6, 6.07) is 5.75. The normalized spacial score (nSPS) is 10.7. The van der Waals surface area contributed by atoms with Gasteiger partial charge in [0.15, 0.2) is 5.78 Å². The van der Waals surface area contributed by atoms with Gasteiger partial charge in [-0.15, -0.1) is 0 Å². The number of carbonyl (C=O) groups excluding carboxylic acids is 1. The van der Waals surface area contributed by atoms with Gasteiger partial charge in [0.1, 0.15) is 17.5 Å². The molecule has 0 unspecified atom stereocenters. The lowest BCUT2D eigenvalue weighted by atomic mass is 10.0. The Morgan fingerprint density at radius 1 is 1.05 bits per heavy atom. The maximum atomic E-state index is 13.6. The molecule has 0 aromatic heterocycles. The molecule has 0 radical (unpaired) electrons. The second-order valence-electron chi connectivity index (χ2n) is 4.43. The fourth-order valence-corrected chi connectivity index (χ4v) is 1.92. The first kappa shape index (κ1) is 14.6. The molecule has 0 fully saturated rings. The van der Waals surface area contributed by atoms with Gasteiger partial charge in [0.25, 0.3) is 0 Å². The first-order valence-electron chi connectivity index (χ1n) is 5.81. The van der Waals surface area contributed by atoms with Gasteiger partial charge in [0, 0.05) is 12.5 Å². The van der Waals surface area contributed by atoms with Crippen LogP contribution in [0.4, 0.5) is 13.2 Å². The van der Waals surface area contributed by atoms with E-state index in [1.54, 1.807) is 0 Å². The summed E-state index contributed by atoms with van der Waals surface area (Å²) in [5.74, 6) is -2.83. The molecule has 0 saturated carbocycles. The second-order valence-corrected chi connectivity index (χ2v) is 4.84. The van der Waals surface area contributed by atoms with E-state index in [1.807, 2.05) is 0 Å². The maximum absolute atomic E-state index is 13.6. The molecule has 1 nitrogen and oxygen atoms in total. The van der Waals surface area contributed by atoms with Crippen molar-refractivity contribution < 1.29 is 18.0 Å². The number of hydrogen-bond acceptors (Lipinski definition) is 1. The van der Waals surface area contributed by atoms with E-state index < -0.39 is 23.2 Å². The lowest BCUT2D eigenvalue weighted by Gasteiger charge is -2.06. The Kier molecular flexibility index (Phi) is 4.14. The minimum absolute atomic E-state index is 0.0509. The minimum atomic E-state index is -0.924. The van der Waals surface area contributed by atoms with E-state index in [2.05, 4.69) is 0 Å². The fourth-order valence-electron chi connectivity index (χ4n) is 1.80. The number of hydrogen-bond donors (Lipinski definition) is 0. The van der Waals surface area contributed by atoms with Crippen molar-refractivity contribution in [1.29, 1.82) is 0 Å². The van der Waals surface area contributed by atoms with E-state index in [4.69, 9.17) is 11.6 Å². The van der Waals surface area contributed by atoms with E-state index in [9.17, 15) is 18.0 Å². The Labute approximate surface area is 119 Å². The highest BCUT2D eigenvalue weighted by molar-refractivity contribution is 6.30. The summed E-state index contributed by atoms with van der Waals surface area (Å²) in [5, 5.41) is -0.0509. The number of benzene rings is 2. The first-order valence-corrected chi connectivity index (χ1v) is 6.19. The van der Waals surface area contributed by atoms with Gasteiger partial charge in [-0.25, -0.2) is 13.2 Å². The Balaban J connectivity index is 2.28. The van der Waals surface area contributed by atoms with Gasteiger partial charge in [0.2, 0.25) is 0 Å². The van der Waals surface area contributed by atoms with Gasteiger partial charge >= 0.3 is 0 Å². The monoisotopic (exact) mass is 298 g/mol. The SMILES string of the molecule is Cc1cc(C(=O)Cc2ccc(Cl)c(F)c2)c(F)cc1F. The Bertz CT molecular complexity index is 683. The van der Waals surface area contributed by atoms with E-state index in [0.29, 0.717) is 11.6 Å². The molecule has 0 aliphatic rings. The third kappa shape index (κ3) is 3.02. The van der Waals surface area contributed by atoms with Gasteiger partial charge in [-0.1, -0.05) is 17.7 Å². The van der Waals surface area contributed by atoms with Crippen molar-refractivity contribution in [3.8, 4) is 0 Å². The highest BCUT2D eigenvalue weighted by atomic mass is 35.5. The van der Waals surface area contributed by atoms with Crippen molar-refractivity contribution in [3.05, 3.63) is 69.5 Å². The van der Waals surface area contributed by atoms with Crippen LogP contribution in [0.5, 0.6) is 0 Å². The Morgan fingerprint density at radius 2 is 1.75 bits per heavy atom. The third-order valence-electron chi connectivity index (χ3n) is 2.90. The zero-order valence-corrected chi connectivity index (χ0v) is 11.3. The Hall–Kier alpha value is -1.81. The van der Waals surface area contributed by atoms with Crippen LogP contribution in [-0.2, 0) is 6.42 Å². The van der Waals surface area contributed by atoms with Crippen LogP contribution in [0.25, 0.3) is 0 Å². The van der Waals surface area contributed by atoms with Gasteiger partial charge in [0.05, 0.1) is 10.6 Å². The van der Waals surface area contributed by atoms with Crippen molar-refractivity contribution in [2.45, 2.75) is 13.3 Å². The summed E-state index contributed by atoms with van der Waals surface area (Å²) < 4.78 is 40.0. The molecule has 0 spiro atoms. The molecule has 2 aromatic rings. The van der Waals surface area contributed by atoms with Gasteiger partial charge in [-0.2, -0.15) is 0 Å². The van der Waals surface area contributed by atoms with Crippen LogP contribution in [0.3, 0.4) is 0 Å². The lowest BCUT2D eigenvalue weighted by molar-refractivity contribution is 0.0989. The average molecular weight is 299 g/mol. The van der Waals surface area contributed by atoms with Gasteiger partial charge in [-0.3, -0.25) is 4.79 Å². The fraction of sp³-hybridized carbons (Fsp3) is 0.133. The summed E-state index contributed by atoms with van der Waals surface area (Å²) in [7, 11) is 0. The molecule has 2 rings (SSSR count). The van der Waals surface area contributed by atoms with Crippen LogP contribution in [-0.4, -0.2) is 5.78 Å². The molecular formula is C15H10ClF3O. The van der Waals surface area contributed by atoms with Crippen LogP contribution < -0.4 is 0 Å². The van der Waals surface area contributed by atoms with Crippen molar-refractivity contribution in [2.75, 3.05) is 0 Å². The molecule has 5 heteroatoms. The molecule has 0 amide bonds. The molecule has 0 aliphatic carbocycles. The van der Waals surface area contributed by atoms with E-state index in [0.717, 1.165) is 12.1 Å². The van der Waals surface area contributed by atoms with E-state index >= 15 is 0 Å². The van der Waals surface area contributed by atoms with Crippen LogP contribution in [0.1, 0.15) is 21.5 Å². The number of aryl methyl sites for hydroxylation is 1. The highest BCUT2D eigenvalue weighted by Gasteiger charge is 2.15. The molecule has 0 bridgehead atoms. The number of Topliss-reactive ketones (excluding diaryl/α,β-unsaturated/α-hetero) is 1. The largest absolute Gasteiger partial charge is 0.294 e. The Morgan fingerprint density at radius 3 is 2.40 bits per heavy atom. The van der Waals surface area contributed by atoms with Crippen molar-refractivity contribution in [3.63, 3.8) is 0 Å². The van der Waals surface area contributed by atoms with Crippen LogP contribution in [0, 0.1) is 24.4 Å². The van der Waals surface area contributed by atoms with Gasteiger partial charge < -0.3 is 0 Å². The topological polar surface area (TPSA) is 17.1 Å². The second kappa shape index (κ2) is 5.67. The van der Waals surface area contributed by atoms with Crippen LogP contribution in [0.15, 0.2) is 30.3 Å². The molecule has 2 aromatic carbocycles. The van der Waals surface area contributed by atoms with E-state index in [1.165, 1.54) is 19.1 Å². The molecule has 0 saturated heterocycles. The summed E-state index contributed by atoms with van der Waals surface area (Å²) in [4.78, 5) is 12.0. The minimum Gasteiger partial charge on any atom is -0.294 e. The molecule has 0 aliphatic heterocycles. The van der Waals surface area contributed by atoms with E-state index in [-0.39, 0.29) is 22.6 Å². The summed E-state index contributed by atoms with van der Waals surface area (Å²) >= 11 is 5.54. The standard InChI is InChI=1S/C15H10ClF3O/c1-8-4-10(13(18)7-12(8)17)15(20)6-9-2-3-11(16)14(19)5-9/h2-5,7H,6H2,1H3. The lowest BCUT2D eigenvalue weighted by Crippen LogP contribution is -2.08. The summed E-state index contributed by atoms with van der Waals surface area (Å²) in [6.45, 7) is 1.44. The van der Waals surface area contributed by atoms with Crippen molar-refractivity contribution in [1.82, 2.24) is 0 Å². The molecular weight excluding hydrogens is 289 g/mol. The smallest absolute Gasteiger partial charge is 0.170 e. The molecule has 0 heterocycles. The maximum Gasteiger partial charge on any atom is 0.170 e. The molecule has 0 atom stereocenters. The van der Waals surface area contributed by atoms with Gasteiger partial charge in [-0.05, 0) is 36.2 Å². The summed E-state index contributed by atoms with van der Waals surface area (Å²) in [6.07, 6.45) is -0.184.